The zero-order chi connectivity index (χ0) is 21.1. The molecular formula is C22H35N5O2. The lowest BCUT2D eigenvalue weighted by Gasteiger charge is -2.29. The van der Waals surface area contributed by atoms with E-state index in [1.807, 2.05) is 51.4 Å². The molecule has 2 rings (SSSR count). The summed E-state index contributed by atoms with van der Waals surface area (Å²) in [5, 5.41) is 9.34. The summed E-state index contributed by atoms with van der Waals surface area (Å²) in [5.74, 6) is 0.809. The van der Waals surface area contributed by atoms with Crippen molar-refractivity contribution in [1.29, 1.82) is 0 Å². The Morgan fingerprint density at radius 3 is 2.38 bits per heavy atom. The van der Waals surface area contributed by atoms with Crippen LogP contribution in [0.5, 0.6) is 0 Å². The molecule has 0 saturated heterocycles. The lowest BCUT2D eigenvalue weighted by molar-refractivity contribution is -0.138. The lowest BCUT2D eigenvalue weighted by Crippen LogP contribution is -2.43. The fourth-order valence-corrected chi connectivity index (χ4v) is 3.72. The molecule has 1 aliphatic carbocycles. The normalized spacial score (nSPS) is 15.6. The van der Waals surface area contributed by atoms with Gasteiger partial charge >= 0.3 is 0 Å². The largest absolute Gasteiger partial charge is 0.357 e. The fraction of sp³-hybridized carbons (Fsp3) is 0.591. The maximum absolute atomic E-state index is 12.7. The molecule has 1 saturated carbocycles. The fourth-order valence-electron chi connectivity index (χ4n) is 3.72. The van der Waals surface area contributed by atoms with E-state index < -0.39 is 0 Å². The monoisotopic (exact) mass is 401 g/mol. The molecule has 1 aromatic rings. The Bertz CT molecular complexity index is 682. The number of aliphatic imine (C=N–C) groups is 1. The minimum atomic E-state index is -0.390. The van der Waals surface area contributed by atoms with Crippen LogP contribution in [-0.4, -0.2) is 56.4 Å². The Hall–Kier alpha value is -2.57. The van der Waals surface area contributed by atoms with Crippen molar-refractivity contribution in [2.24, 2.45) is 10.4 Å². The van der Waals surface area contributed by atoms with Crippen molar-refractivity contribution >= 4 is 17.8 Å². The highest BCUT2D eigenvalue weighted by Gasteiger charge is 2.42. The number of benzene rings is 1. The van der Waals surface area contributed by atoms with Gasteiger partial charge in [0.05, 0.1) is 12.0 Å². The van der Waals surface area contributed by atoms with Crippen LogP contribution in [0.15, 0.2) is 35.3 Å². The van der Waals surface area contributed by atoms with Crippen molar-refractivity contribution in [1.82, 2.24) is 20.9 Å². The maximum atomic E-state index is 12.7. The van der Waals surface area contributed by atoms with Crippen LogP contribution in [0.3, 0.4) is 0 Å². The zero-order valence-electron chi connectivity index (χ0n) is 18.0. The molecule has 0 aromatic heterocycles. The molecule has 1 aliphatic rings. The highest BCUT2D eigenvalue weighted by molar-refractivity contribution is 5.84. The van der Waals surface area contributed by atoms with E-state index in [1.165, 1.54) is 0 Å². The molecule has 1 fully saturated rings. The molecule has 0 radical (unpaired) electrons. The molecule has 0 bridgehead atoms. The molecule has 3 N–H and O–H groups in total. The summed E-state index contributed by atoms with van der Waals surface area (Å²) in [6.45, 7) is 4.21. The zero-order valence-corrected chi connectivity index (χ0v) is 18.0. The standard InChI is InChI=1S/C22H35N5O2/c1-4-23-21(26-17-22(13-8-9-14-22)20(29)27(2)3)24-15-12-19(28)25-16-18-10-6-5-7-11-18/h5-7,10-11H,4,8-9,12-17H2,1-3H3,(H,25,28)(H2,23,24,26). The molecule has 0 spiro atoms. The second-order valence-electron chi connectivity index (χ2n) is 7.82. The highest BCUT2D eigenvalue weighted by Crippen LogP contribution is 2.39. The van der Waals surface area contributed by atoms with Crippen LogP contribution in [0.4, 0.5) is 0 Å². The van der Waals surface area contributed by atoms with Gasteiger partial charge in [0.2, 0.25) is 11.8 Å². The van der Waals surface area contributed by atoms with Crippen LogP contribution >= 0.6 is 0 Å². The van der Waals surface area contributed by atoms with Crippen LogP contribution in [0, 0.1) is 5.41 Å². The van der Waals surface area contributed by atoms with E-state index in [0.717, 1.165) is 37.8 Å². The maximum Gasteiger partial charge on any atom is 0.230 e. The van der Waals surface area contributed by atoms with E-state index in [2.05, 4.69) is 20.9 Å². The SMILES string of the molecule is CCNC(=NCC1(C(=O)N(C)C)CCCC1)NCCC(=O)NCc1ccccc1. The predicted octanol–water partition coefficient (Wildman–Crippen LogP) is 1.90. The van der Waals surface area contributed by atoms with E-state index in [4.69, 9.17) is 0 Å². The smallest absolute Gasteiger partial charge is 0.230 e. The Morgan fingerprint density at radius 2 is 1.76 bits per heavy atom. The number of carbonyl (C=O) groups is 2. The first-order valence-corrected chi connectivity index (χ1v) is 10.5. The number of hydrogen-bond acceptors (Lipinski definition) is 3. The van der Waals surface area contributed by atoms with Gasteiger partial charge in [-0.1, -0.05) is 43.2 Å². The van der Waals surface area contributed by atoms with Gasteiger partial charge in [0.15, 0.2) is 5.96 Å². The van der Waals surface area contributed by atoms with E-state index in [1.54, 1.807) is 4.90 Å². The van der Waals surface area contributed by atoms with E-state index in [-0.39, 0.29) is 17.2 Å². The van der Waals surface area contributed by atoms with E-state index >= 15 is 0 Å². The number of carbonyl (C=O) groups excluding carboxylic acids is 2. The van der Waals surface area contributed by atoms with Crippen molar-refractivity contribution < 1.29 is 9.59 Å². The van der Waals surface area contributed by atoms with Crippen molar-refractivity contribution in [3.8, 4) is 0 Å². The number of nitrogens with zero attached hydrogens (tertiary/aromatic N) is 2. The average Bonchev–Trinajstić information content (AvgIpc) is 3.20. The van der Waals surface area contributed by atoms with Crippen LogP contribution in [0.25, 0.3) is 0 Å². The van der Waals surface area contributed by atoms with E-state index in [0.29, 0.717) is 32.0 Å². The first kappa shape index (κ1) is 22.7. The summed E-state index contributed by atoms with van der Waals surface area (Å²) < 4.78 is 0. The van der Waals surface area contributed by atoms with E-state index in [9.17, 15) is 9.59 Å². The summed E-state index contributed by atoms with van der Waals surface area (Å²) in [6.07, 6.45) is 4.27. The third-order valence-electron chi connectivity index (χ3n) is 5.28. The molecule has 160 valence electrons. The molecule has 2 amide bonds. The second-order valence-corrected chi connectivity index (χ2v) is 7.82. The van der Waals surface area contributed by atoms with Crippen LogP contribution in [0.2, 0.25) is 0 Å². The highest BCUT2D eigenvalue weighted by atomic mass is 16.2. The first-order valence-electron chi connectivity index (χ1n) is 10.5. The topological polar surface area (TPSA) is 85.8 Å². The van der Waals surface area contributed by atoms with Gasteiger partial charge in [0.1, 0.15) is 0 Å². The number of amides is 2. The number of nitrogens with one attached hydrogen (secondary N) is 3. The van der Waals surface area contributed by atoms with Gasteiger partial charge in [-0.05, 0) is 25.3 Å². The molecule has 7 heteroatoms. The van der Waals surface area contributed by atoms with Crippen LogP contribution in [-0.2, 0) is 16.1 Å². The van der Waals surface area contributed by atoms with Gasteiger partial charge in [-0.2, -0.15) is 0 Å². The Morgan fingerprint density at radius 1 is 1.07 bits per heavy atom. The minimum absolute atomic E-state index is 0.00718. The lowest BCUT2D eigenvalue weighted by atomic mass is 9.85. The number of rotatable bonds is 9. The summed E-state index contributed by atoms with van der Waals surface area (Å²) in [5.41, 5.74) is 0.690. The summed E-state index contributed by atoms with van der Waals surface area (Å²) in [6, 6.07) is 9.85. The Balaban J connectivity index is 1.83. The number of hydrogen-bond donors (Lipinski definition) is 3. The van der Waals surface area contributed by atoms with Gasteiger partial charge in [-0.15, -0.1) is 0 Å². The summed E-state index contributed by atoms with van der Waals surface area (Å²) in [4.78, 5) is 31.1. The molecule has 0 unspecified atom stereocenters. The van der Waals surface area contributed by atoms with Crippen LogP contribution < -0.4 is 16.0 Å². The third kappa shape index (κ3) is 7.07. The van der Waals surface area contributed by atoms with Crippen LogP contribution in [0.1, 0.15) is 44.6 Å². The van der Waals surface area contributed by atoms with Crippen molar-refractivity contribution in [2.45, 2.75) is 45.6 Å². The van der Waals surface area contributed by atoms with Crippen molar-refractivity contribution in [2.75, 3.05) is 33.7 Å². The third-order valence-corrected chi connectivity index (χ3v) is 5.28. The Kier molecular flexibility index (Phi) is 8.96. The van der Waals surface area contributed by atoms with Gasteiger partial charge < -0.3 is 20.9 Å². The van der Waals surface area contributed by atoms with Gasteiger partial charge in [-0.3, -0.25) is 14.6 Å². The summed E-state index contributed by atoms with van der Waals surface area (Å²) >= 11 is 0. The van der Waals surface area contributed by atoms with Crippen molar-refractivity contribution in [3.63, 3.8) is 0 Å². The first-order chi connectivity index (χ1) is 14.0. The molecular weight excluding hydrogens is 366 g/mol. The molecule has 0 heterocycles. The van der Waals surface area contributed by atoms with Gasteiger partial charge in [-0.25, -0.2) is 0 Å². The second kappa shape index (κ2) is 11.4. The summed E-state index contributed by atoms with van der Waals surface area (Å²) in [7, 11) is 3.62. The van der Waals surface area contributed by atoms with Gasteiger partial charge in [0.25, 0.3) is 0 Å². The molecule has 29 heavy (non-hydrogen) atoms. The van der Waals surface area contributed by atoms with Crippen molar-refractivity contribution in [3.05, 3.63) is 35.9 Å². The molecule has 0 atom stereocenters. The predicted molar refractivity (Wildman–Crippen MR) is 116 cm³/mol. The average molecular weight is 402 g/mol. The van der Waals surface area contributed by atoms with Gasteiger partial charge in [0, 0.05) is 40.2 Å². The molecule has 7 nitrogen and oxygen atoms in total. The Labute approximate surface area is 174 Å². The number of guanidine groups is 1. The quantitative estimate of drug-likeness (QED) is 0.436. The molecule has 1 aromatic carbocycles. The molecule has 0 aliphatic heterocycles. The minimum Gasteiger partial charge on any atom is -0.357 e.